The molecule has 0 radical (unpaired) electrons. The molecule has 1 heterocycles. The maximum absolute atomic E-state index is 10.9. The Hall–Kier alpha value is -0.940. The summed E-state index contributed by atoms with van der Waals surface area (Å²) in [5.74, 6) is -0.901. The lowest BCUT2D eigenvalue weighted by Crippen LogP contribution is -2.35. The molecule has 0 atom stereocenters. The Balaban J connectivity index is 2.37. The van der Waals surface area contributed by atoms with Crippen LogP contribution in [0, 0.1) is 6.92 Å². The van der Waals surface area contributed by atoms with Crippen LogP contribution in [0.1, 0.15) is 39.6 Å². The number of carboxylic acids is 1. The topological polar surface area (TPSA) is 59.4 Å². The van der Waals surface area contributed by atoms with Gasteiger partial charge in [0.2, 0.25) is 0 Å². The van der Waals surface area contributed by atoms with Crippen molar-refractivity contribution in [3.05, 3.63) is 15.6 Å². The molecule has 0 saturated heterocycles. The predicted molar refractivity (Wildman–Crippen MR) is 56.3 cm³/mol. The molecule has 1 aliphatic rings. The van der Waals surface area contributed by atoms with Crippen molar-refractivity contribution < 1.29 is 14.6 Å². The minimum absolute atomic E-state index is 0.302. The van der Waals surface area contributed by atoms with Gasteiger partial charge in [-0.2, -0.15) is 0 Å². The molecule has 4 nitrogen and oxygen atoms in total. The molecule has 15 heavy (non-hydrogen) atoms. The van der Waals surface area contributed by atoms with Crippen LogP contribution in [0.2, 0.25) is 0 Å². The quantitative estimate of drug-likeness (QED) is 0.859. The number of carboxylic acid groups (broad SMARTS) is 1. The van der Waals surface area contributed by atoms with Gasteiger partial charge in [-0.05, 0) is 26.2 Å². The van der Waals surface area contributed by atoms with Crippen molar-refractivity contribution in [1.29, 1.82) is 0 Å². The minimum atomic E-state index is -0.901. The minimum Gasteiger partial charge on any atom is -0.477 e. The maximum Gasteiger partial charge on any atom is 0.347 e. The van der Waals surface area contributed by atoms with Gasteiger partial charge in [-0.15, -0.1) is 11.3 Å². The van der Waals surface area contributed by atoms with Crippen molar-refractivity contribution in [2.75, 3.05) is 7.11 Å². The average molecular weight is 227 g/mol. The molecule has 0 unspecified atom stereocenters. The number of aryl methyl sites for hydroxylation is 1. The fraction of sp³-hybridized carbons (Fsp3) is 0.600. The zero-order chi connectivity index (χ0) is 11.1. The first-order valence-electron chi connectivity index (χ1n) is 4.85. The highest BCUT2D eigenvalue weighted by molar-refractivity contribution is 7.13. The maximum atomic E-state index is 10.9. The summed E-state index contributed by atoms with van der Waals surface area (Å²) in [7, 11) is 1.66. The summed E-state index contributed by atoms with van der Waals surface area (Å²) in [6, 6.07) is 0. The van der Waals surface area contributed by atoms with E-state index in [1.807, 2.05) is 0 Å². The molecule has 5 heteroatoms. The van der Waals surface area contributed by atoms with Crippen LogP contribution in [0.5, 0.6) is 0 Å². The van der Waals surface area contributed by atoms with Gasteiger partial charge in [0.05, 0.1) is 5.69 Å². The summed E-state index contributed by atoms with van der Waals surface area (Å²) in [6.45, 7) is 1.73. The number of nitrogens with zero attached hydrogens (tertiary/aromatic N) is 1. The number of aromatic carboxylic acids is 1. The third-order valence-corrected chi connectivity index (χ3v) is 4.26. The molecule has 1 fully saturated rings. The first-order chi connectivity index (χ1) is 7.09. The molecular weight excluding hydrogens is 214 g/mol. The standard InChI is InChI=1S/C10H13NO3S/c1-6-7(8(12)13)15-9(11-6)10(14-2)4-3-5-10/h3-5H2,1-2H3,(H,12,13). The summed E-state index contributed by atoms with van der Waals surface area (Å²) in [5.41, 5.74) is 0.286. The Labute approximate surface area is 91.9 Å². The van der Waals surface area contributed by atoms with Crippen LogP contribution in [0.15, 0.2) is 0 Å². The van der Waals surface area contributed by atoms with E-state index in [0.29, 0.717) is 10.6 Å². The number of carbonyl (C=O) groups is 1. The molecule has 1 aromatic rings. The zero-order valence-corrected chi connectivity index (χ0v) is 9.56. The van der Waals surface area contributed by atoms with Crippen LogP contribution >= 0.6 is 11.3 Å². The molecule has 0 aromatic carbocycles. The van der Waals surface area contributed by atoms with Crippen molar-refractivity contribution in [1.82, 2.24) is 4.98 Å². The normalized spacial score (nSPS) is 18.5. The summed E-state index contributed by atoms with van der Waals surface area (Å²) < 4.78 is 5.46. The van der Waals surface area contributed by atoms with Gasteiger partial charge in [-0.3, -0.25) is 0 Å². The van der Waals surface area contributed by atoms with Crippen LogP contribution in [0.25, 0.3) is 0 Å². The van der Waals surface area contributed by atoms with Crippen LogP contribution in [-0.2, 0) is 10.3 Å². The molecule has 0 amide bonds. The van der Waals surface area contributed by atoms with E-state index in [4.69, 9.17) is 9.84 Å². The lowest BCUT2D eigenvalue weighted by molar-refractivity contribution is -0.0780. The van der Waals surface area contributed by atoms with Crippen molar-refractivity contribution in [3.63, 3.8) is 0 Å². The van der Waals surface area contributed by atoms with Crippen molar-refractivity contribution in [2.24, 2.45) is 0 Å². The first-order valence-corrected chi connectivity index (χ1v) is 5.67. The monoisotopic (exact) mass is 227 g/mol. The van der Waals surface area contributed by atoms with Gasteiger partial charge in [0.25, 0.3) is 0 Å². The van der Waals surface area contributed by atoms with Crippen molar-refractivity contribution in [2.45, 2.75) is 31.8 Å². The van der Waals surface area contributed by atoms with E-state index in [9.17, 15) is 4.79 Å². The molecule has 0 bridgehead atoms. The van der Waals surface area contributed by atoms with Gasteiger partial charge in [0.1, 0.15) is 15.5 Å². The van der Waals surface area contributed by atoms with E-state index in [1.54, 1.807) is 14.0 Å². The largest absolute Gasteiger partial charge is 0.477 e. The lowest BCUT2D eigenvalue weighted by atomic mass is 9.80. The summed E-state index contributed by atoms with van der Waals surface area (Å²) in [6.07, 6.45) is 3.00. The second-order valence-corrected chi connectivity index (χ2v) is 4.79. The highest BCUT2D eigenvalue weighted by atomic mass is 32.1. The summed E-state index contributed by atoms with van der Waals surface area (Å²) in [4.78, 5) is 15.5. The third kappa shape index (κ3) is 1.55. The number of hydrogen-bond acceptors (Lipinski definition) is 4. The Morgan fingerprint density at radius 2 is 2.27 bits per heavy atom. The fourth-order valence-corrected chi connectivity index (χ4v) is 2.92. The molecule has 1 aromatic heterocycles. The Morgan fingerprint density at radius 3 is 2.60 bits per heavy atom. The summed E-state index contributed by atoms with van der Waals surface area (Å²) in [5, 5.41) is 9.75. The van der Waals surface area contributed by atoms with Gasteiger partial charge in [-0.25, -0.2) is 9.78 Å². The van der Waals surface area contributed by atoms with Crippen LogP contribution < -0.4 is 0 Å². The van der Waals surface area contributed by atoms with Gasteiger partial charge in [0, 0.05) is 7.11 Å². The Bertz CT molecular complexity index is 390. The van der Waals surface area contributed by atoms with Crippen molar-refractivity contribution in [3.8, 4) is 0 Å². The van der Waals surface area contributed by atoms with E-state index in [0.717, 1.165) is 24.3 Å². The van der Waals surface area contributed by atoms with E-state index in [2.05, 4.69) is 4.98 Å². The lowest BCUT2D eigenvalue weighted by Gasteiger charge is -2.38. The molecule has 1 N–H and O–H groups in total. The third-order valence-electron chi connectivity index (χ3n) is 2.93. The van der Waals surface area contributed by atoms with E-state index >= 15 is 0 Å². The fourth-order valence-electron chi connectivity index (χ4n) is 1.79. The molecular formula is C10H13NO3S. The average Bonchev–Trinajstić information content (AvgIpc) is 2.47. The molecule has 0 aliphatic heterocycles. The highest BCUT2D eigenvalue weighted by Gasteiger charge is 2.42. The summed E-state index contributed by atoms with van der Waals surface area (Å²) >= 11 is 1.24. The van der Waals surface area contributed by atoms with Gasteiger partial charge >= 0.3 is 5.97 Å². The van der Waals surface area contributed by atoms with Crippen molar-refractivity contribution >= 4 is 17.3 Å². The highest BCUT2D eigenvalue weighted by Crippen LogP contribution is 2.46. The SMILES string of the molecule is COC1(c2nc(C)c(C(=O)O)s2)CCC1. The number of ether oxygens (including phenoxy) is 1. The van der Waals surface area contributed by atoms with Gasteiger partial charge in [0.15, 0.2) is 0 Å². The van der Waals surface area contributed by atoms with Crippen LogP contribution in [-0.4, -0.2) is 23.2 Å². The van der Waals surface area contributed by atoms with Crippen LogP contribution in [0.4, 0.5) is 0 Å². The Morgan fingerprint density at radius 1 is 1.60 bits per heavy atom. The zero-order valence-electron chi connectivity index (χ0n) is 8.74. The molecule has 2 rings (SSSR count). The Kier molecular flexibility index (Phi) is 2.52. The number of hydrogen-bond donors (Lipinski definition) is 1. The molecule has 1 aliphatic carbocycles. The predicted octanol–water partition coefficient (Wildman–Crippen LogP) is 2.18. The number of rotatable bonds is 3. The number of methoxy groups -OCH3 is 1. The van der Waals surface area contributed by atoms with Crippen LogP contribution in [0.3, 0.4) is 0 Å². The van der Waals surface area contributed by atoms with E-state index in [-0.39, 0.29) is 5.60 Å². The number of thiazole rings is 1. The second kappa shape index (κ2) is 3.57. The second-order valence-electron chi connectivity index (χ2n) is 3.79. The van der Waals surface area contributed by atoms with Gasteiger partial charge < -0.3 is 9.84 Å². The smallest absolute Gasteiger partial charge is 0.347 e. The molecule has 82 valence electrons. The molecule has 0 spiro atoms. The van der Waals surface area contributed by atoms with E-state index < -0.39 is 5.97 Å². The molecule has 1 saturated carbocycles. The number of aromatic nitrogens is 1. The first kappa shape index (κ1) is 10.6. The van der Waals surface area contributed by atoms with Gasteiger partial charge in [-0.1, -0.05) is 0 Å². The van der Waals surface area contributed by atoms with E-state index in [1.165, 1.54) is 11.3 Å².